The molecule has 33 heavy (non-hydrogen) atoms. The molecule has 172 valence electrons. The molecule has 0 unspecified atom stereocenters. The fourth-order valence-corrected chi connectivity index (χ4v) is 3.70. The van der Waals surface area contributed by atoms with Gasteiger partial charge in [-0.05, 0) is 55.0 Å². The Morgan fingerprint density at radius 2 is 1.52 bits per heavy atom. The lowest BCUT2D eigenvalue weighted by Gasteiger charge is -2.13. The molecule has 2 aromatic carbocycles. The molecule has 0 fully saturated rings. The minimum atomic E-state index is -3.72. The average Bonchev–Trinajstić information content (AvgIpc) is 3.34. The van der Waals surface area contributed by atoms with Crippen LogP contribution in [0.2, 0.25) is 0 Å². The van der Waals surface area contributed by atoms with E-state index in [1.54, 1.807) is 19.1 Å². The number of carbonyl (C=O) groups is 3. The standard InChI is InChI=1S/C22H22N4O6S/c1-14-9-10-16(13-18(14)23-22(29)19-8-5-11-32-19)21(28)25-24-20(27)15-6-4-7-17(12-15)33(30,31)26(2)3/h4-13H,1-3H3,(H,23,29)(H,24,27)(H,25,28). The van der Waals surface area contributed by atoms with E-state index < -0.39 is 27.7 Å². The summed E-state index contributed by atoms with van der Waals surface area (Å²) >= 11 is 0. The number of carbonyl (C=O) groups excluding carboxylic acids is 3. The number of sulfonamides is 1. The fraction of sp³-hybridized carbons (Fsp3) is 0.136. The van der Waals surface area contributed by atoms with Crippen LogP contribution in [0.25, 0.3) is 0 Å². The highest BCUT2D eigenvalue weighted by atomic mass is 32.2. The highest BCUT2D eigenvalue weighted by Gasteiger charge is 2.19. The van der Waals surface area contributed by atoms with E-state index in [-0.39, 0.29) is 21.8 Å². The van der Waals surface area contributed by atoms with E-state index in [4.69, 9.17) is 4.42 Å². The number of nitrogens with zero attached hydrogens (tertiary/aromatic N) is 1. The lowest BCUT2D eigenvalue weighted by atomic mass is 10.1. The predicted octanol–water partition coefficient (Wildman–Crippen LogP) is 2.17. The largest absolute Gasteiger partial charge is 0.459 e. The van der Waals surface area contributed by atoms with E-state index in [1.807, 2.05) is 0 Å². The SMILES string of the molecule is Cc1ccc(C(=O)NNC(=O)c2cccc(S(=O)(=O)N(C)C)c2)cc1NC(=O)c1ccco1. The second kappa shape index (κ2) is 9.67. The molecular weight excluding hydrogens is 448 g/mol. The molecule has 3 amide bonds. The van der Waals surface area contributed by atoms with Crippen LogP contribution in [0.3, 0.4) is 0 Å². The molecule has 11 heteroatoms. The Labute approximate surface area is 190 Å². The van der Waals surface area contributed by atoms with Crippen molar-refractivity contribution in [1.29, 1.82) is 0 Å². The summed E-state index contributed by atoms with van der Waals surface area (Å²) in [7, 11) is -0.949. The third kappa shape index (κ3) is 5.45. The van der Waals surface area contributed by atoms with E-state index in [9.17, 15) is 22.8 Å². The van der Waals surface area contributed by atoms with Crippen molar-refractivity contribution in [3.05, 3.63) is 83.3 Å². The van der Waals surface area contributed by atoms with Gasteiger partial charge in [-0.25, -0.2) is 12.7 Å². The fourth-order valence-electron chi connectivity index (χ4n) is 2.76. The number of nitrogens with one attached hydrogen (secondary N) is 3. The van der Waals surface area contributed by atoms with Gasteiger partial charge in [0.1, 0.15) is 0 Å². The van der Waals surface area contributed by atoms with Gasteiger partial charge in [-0.1, -0.05) is 12.1 Å². The molecule has 0 spiro atoms. The van der Waals surface area contributed by atoms with Crippen molar-refractivity contribution in [3.63, 3.8) is 0 Å². The maximum atomic E-state index is 12.5. The van der Waals surface area contributed by atoms with Gasteiger partial charge in [0.25, 0.3) is 17.7 Å². The van der Waals surface area contributed by atoms with Crippen LogP contribution in [0, 0.1) is 6.92 Å². The van der Waals surface area contributed by atoms with Gasteiger partial charge in [0, 0.05) is 30.9 Å². The molecular formula is C22H22N4O6S. The summed E-state index contributed by atoms with van der Waals surface area (Å²) in [6.45, 7) is 1.76. The van der Waals surface area contributed by atoms with Crippen LogP contribution in [-0.4, -0.2) is 44.5 Å². The van der Waals surface area contributed by atoms with E-state index in [0.717, 1.165) is 9.87 Å². The minimum absolute atomic E-state index is 0.0496. The molecule has 1 aromatic heterocycles. The molecule has 10 nitrogen and oxygen atoms in total. The first-order valence-corrected chi connectivity index (χ1v) is 11.1. The van der Waals surface area contributed by atoms with Gasteiger partial charge < -0.3 is 9.73 Å². The molecule has 3 N–H and O–H groups in total. The van der Waals surface area contributed by atoms with Gasteiger partial charge in [-0.15, -0.1) is 0 Å². The van der Waals surface area contributed by atoms with Crippen LogP contribution in [0.1, 0.15) is 36.8 Å². The normalized spacial score (nSPS) is 11.2. The Kier molecular flexibility index (Phi) is 6.95. The van der Waals surface area contributed by atoms with Crippen molar-refractivity contribution in [2.75, 3.05) is 19.4 Å². The van der Waals surface area contributed by atoms with Crippen LogP contribution in [0.15, 0.2) is 70.2 Å². The molecule has 0 saturated carbocycles. The summed E-state index contributed by atoms with van der Waals surface area (Å²) in [6, 6.07) is 13.2. The molecule has 0 aliphatic carbocycles. The maximum Gasteiger partial charge on any atom is 0.291 e. The van der Waals surface area contributed by atoms with E-state index in [2.05, 4.69) is 16.2 Å². The Morgan fingerprint density at radius 3 is 2.12 bits per heavy atom. The Bertz CT molecular complexity index is 1300. The predicted molar refractivity (Wildman–Crippen MR) is 120 cm³/mol. The average molecular weight is 471 g/mol. The monoisotopic (exact) mass is 470 g/mol. The van der Waals surface area contributed by atoms with Crippen molar-refractivity contribution in [1.82, 2.24) is 15.2 Å². The van der Waals surface area contributed by atoms with E-state index in [0.29, 0.717) is 5.69 Å². The number of amides is 3. The van der Waals surface area contributed by atoms with Crippen molar-refractivity contribution in [2.45, 2.75) is 11.8 Å². The first-order valence-electron chi connectivity index (χ1n) is 9.68. The number of hydrogen-bond donors (Lipinski definition) is 3. The number of rotatable bonds is 6. The van der Waals surface area contributed by atoms with Crippen molar-refractivity contribution >= 4 is 33.4 Å². The first kappa shape index (κ1) is 23.7. The molecule has 0 bridgehead atoms. The molecule has 3 rings (SSSR count). The summed E-state index contributed by atoms with van der Waals surface area (Å²) in [6.07, 6.45) is 1.37. The quantitative estimate of drug-likeness (QED) is 0.472. The summed E-state index contributed by atoms with van der Waals surface area (Å²) in [4.78, 5) is 37.1. The number of hydrogen-bond acceptors (Lipinski definition) is 6. The molecule has 0 radical (unpaired) electrons. The molecule has 0 aliphatic heterocycles. The van der Waals surface area contributed by atoms with Crippen LogP contribution in [0.5, 0.6) is 0 Å². The summed E-state index contributed by atoms with van der Waals surface area (Å²) < 4.78 is 30.6. The maximum absolute atomic E-state index is 12.5. The number of benzene rings is 2. The third-order valence-electron chi connectivity index (χ3n) is 4.66. The summed E-state index contributed by atoms with van der Waals surface area (Å²) in [5, 5.41) is 2.67. The van der Waals surface area contributed by atoms with Gasteiger partial charge in [-0.2, -0.15) is 0 Å². The molecule has 0 saturated heterocycles. The lowest BCUT2D eigenvalue weighted by molar-refractivity contribution is 0.0846. The van der Waals surface area contributed by atoms with Crippen molar-refractivity contribution < 1.29 is 27.2 Å². The van der Waals surface area contributed by atoms with Crippen LogP contribution < -0.4 is 16.2 Å². The van der Waals surface area contributed by atoms with Crippen molar-refractivity contribution in [3.8, 4) is 0 Å². The highest BCUT2D eigenvalue weighted by Crippen LogP contribution is 2.18. The number of furan rings is 1. The third-order valence-corrected chi connectivity index (χ3v) is 6.47. The van der Waals surface area contributed by atoms with Gasteiger partial charge >= 0.3 is 0 Å². The Balaban J connectivity index is 1.69. The zero-order valence-corrected chi connectivity index (χ0v) is 18.9. The second-order valence-electron chi connectivity index (χ2n) is 7.18. The number of aryl methyl sites for hydroxylation is 1. The number of hydrazine groups is 1. The van der Waals surface area contributed by atoms with Gasteiger partial charge in [0.15, 0.2) is 5.76 Å². The van der Waals surface area contributed by atoms with E-state index in [1.165, 1.54) is 62.8 Å². The summed E-state index contributed by atoms with van der Waals surface area (Å²) in [5.74, 6) is -1.68. The highest BCUT2D eigenvalue weighted by molar-refractivity contribution is 7.89. The van der Waals surface area contributed by atoms with Crippen LogP contribution in [-0.2, 0) is 10.0 Å². The first-order chi connectivity index (χ1) is 15.6. The topological polar surface area (TPSA) is 138 Å². The molecule has 3 aromatic rings. The zero-order chi connectivity index (χ0) is 24.2. The van der Waals surface area contributed by atoms with Crippen LogP contribution >= 0.6 is 0 Å². The molecule has 0 atom stereocenters. The summed E-state index contributed by atoms with van der Waals surface area (Å²) in [5.41, 5.74) is 5.88. The van der Waals surface area contributed by atoms with E-state index >= 15 is 0 Å². The van der Waals surface area contributed by atoms with Crippen LogP contribution in [0.4, 0.5) is 5.69 Å². The van der Waals surface area contributed by atoms with Gasteiger partial charge in [0.2, 0.25) is 10.0 Å². The van der Waals surface area contributed by atoms with Crippen molar-refractivity contribution in [2.24, 2.45) is 0 Å². The zero-order valence-electron chi connectivity index (χ0n) is 18.1. The molecule has 1 heterocycles. The van der Waals surface area contributed by atoms with Gasteiger partial charge in [-0.3, -0.25) is 25.2 Å². The second-order valence-corrected chi connectivity index (χ2v) is 9.34. The Morgan fingerprint density at radius 1 is 0.848 bits per heavy atom. The smallest absolute Gasteiger partial charge is 0.291 e. The number of anilines is 1. The van der Waals surface area contributed by atoms with Gasteiger partial charge in [0.05, 0.1) is 11.2 Å². The Hall–Kier alpha value is -3.96. The molecule has 0 aliphatic rings. The lowest BCUT2D eigenvalue weighted by Crippen LogP contribution is -2.41. The minimum Gasteiger partial charge on any atom is -0.459 e.